The predicted octanol–water partition coefficient (Wildman–Crippen LogP) is 14.2. The Bertz CT molecular complexity index is 4320. The Morgan fingerprint density at radius 3 is 1.91 bits per heavy atom. The standard InChI is InChI=1S/C59H44N4O.Pt/c1-59(2,3)38-44-35-57(60-39-52(44)43-23-11-6-12-24-43)63-53-30-14-13-27-50(53)51-34-33-47(37-56(51)63)64-46-26-17-25-45(36-46)61-40-62(55-32-16-15-31-54(55)61)58-48(41-19-7-4-8-20-41)28-18-29-49(58)42-21-9-5-10-22-42;/h4-35,39H,38H2,1-3H3;/q-2;/i4D,5D,6D,7D,8D,9D,10D,11D,12D,19D,20D,21D,22D,23D,24D,38D2;. The van der Waals surface area contributed by atoms with Gasteiger partial charge in [-0.2, -0.15) is 18.2 Å². The van der Waals surface area contributed by atoms with Crippen LogP contribution in [-0.4, -0.2) is 14.1 Å². The van der Waals surface area contributed by atoms with Gasteiger partial charge in [0.05, 0.1) is 37.3 Å². The first-order chi connectivity index (χ1) is 38.3. The first-order valence-corrected chi connectivity index (χ1v) is 20.3. The number of rotatable bonds is 9. The topological polar surface area (TPSA) is 35.9 Å². The molecular weight excluding hydrogens is 976 g/mol. The van der Waals surface area contributed by atoms with E-state index < -0.39 is 102 Å². The molecule has 0 saturated heterocycles. The zero-order valence-corrected chi connectivity index (χ0v) is 37.2. The summed E-state index contributed by atoms with van der Waals surface area (Å²) < 4.78 is 160. The van der Waals surface area contributed by atoms with Crippen molar-refractivity contribution < 1.29 is 53.7 Å². The second-order valence-corrected chi connectivity index (χ2v) is 15.9. The summed E-state index contributed by atoms with van der Waals surface area (Å²) in [5.74, 6) is 0.728. The minimum Gasteiger partial charge on any atom is -0.510 e. The molecule has 65 heavy (non-hydrogen) atoms. The third-order valence-electron chi connectivity index (χ3n) is 10.5. The van der Waals surface area contributed by atoms with Gasteiger partial charge in [0.2, 0.25) is 0 Å². The number of benzene rings is 8. The number of ether oxygens (including phenoxy) is 1. The van der Waals surface area contributed by atoms with Gasteiger partial charge in [0.1, 0.15) is 5.82 Å². The fourth-order valence-corrected chi connectivity index (χ4v) is 7.94. The molecule has 0 N–H and O–H groups in total. The Morgan fingerprint density at radius 1 is 0.631 bits per heavy atom. The molecule has 11 rings (SSSR count). The van der Waals surface area contributed by atoms with Crippen LogP contribution >= 0.6 is 0 Å². The SMILES string of the molecule is [2H]c1c([2H])c([2H])c(-c2cnc(-n3c4[c-]c(Oc5[c-]c(-n6[c-][n+](-c7c(-c8c([2H])c([2H])c([2H])c([2H])c8[2H])cccc7-c7c([2H])c([2H])c([2H])c([2H])c7[2H])c7ccccc76)ccc5)ccc4c4ccccc43)cc2C([2H])([2H])C(C)(C)C)c([2H])c1[2H].[Pt]. The van der Waals surface area contributed by atoms with Crippen LogP contribution in [0.2, 0.25) is 0 Å². The first-order valence-electron chi connectivity index (χ1n) is 28.8. The summed E-state index contributed by atoms with van der Waals surface area (Å²) in [4.78, 5) is 4.81. The van der Waals surface area contributed by atoms with Gasteiger partial charge in [0.15, 0.2) is 0 Å². The molecule has 0 radical (unpaired) electrons. The molecule has 0 spiro atoms. The molecule has 0 amide bonds. The minimum atomic E-state index is -2.14. The summed E-state index contributed by atoms with van der Waals surface area (Å²) in [6.45, 7) is 5.15. The number of imidazole rings is 1. The van der Waals surface area contributed by atoms with Crippen molar-refractivity contribution in [3.05, 3.63) is 224 Å². The van der Waals surface area contributed by atoms with Gasteiger partial charge in [0, 0.05) is 52.6 Å². The molecule has 0 aliphatic carbocycles. The molecule has 0 saturated carbocycles. The number of aromatic nitrogens is 4. The van der Waals surface area contributed by atoms with E-state index in [1.54, 1.807) is 101 Å². The van der Waals surface area contributed by atoms with Gasteiger partial charge in [0.25, 0.3) is 6.33 Å². The van der Waals surface area contributed by atoms with Crippen molar-refractivity contribution in [2.45, 2.75) is 27.1 Å². The van der Waals surface area contributed by atoms with Crippen LogP contribution in [0.15, 0.2) is 200 Å². The Kier molecular flexibility index (Phi) is 7.05. The van der Waals surface area contributed by atoms with E-state index in [-0.39, 0.29) is 83.0 Å². The summed E-state index contributed by atoms with van der Waals surface area (Å²) in [6, 6.07) is 27.9. The van der Waals surface area contributed by atoms with Gasteiger partial charge in [-0.1, -0.05) is 178 Å². The fraction of sp³-hybridized carbons (Fsp3) is 0.0847. The van der Waals surface area contributed by atoms with Crippen LogP contribution in [0.4, 0.5) is 0 Å². The molecule has 8 aromatic carbocycles. The van der Waals surface area contributed by atoms with Crippen LogP contribution in [0.5, 0.6) is 11.5 Å². The van der Waals surface area contributed by atoms with Crippen molar-refractivity contribution in [1.82, 2.24) is 14.1 Å². The van der Waals surface area contributed by atoms with E-state index in [9.17, 15) is 2.74 Å². The van der Waals surface area contributed by atoms with E-state index >= 15 is 0 Å². The van der Waals surface area contributed by atoms with E-state index in [4.69, 9.17) is 30.3 Å². The normalized spacial score (nSPS) is 15.5. The van der Waals surface area contributed by atoms with Crippen molar-refractivity contribution in [3.8, 4) is 62.1 Å². The Labute approximate surface area is 418 Å². The van der Waals surface area contributed by atoms with Crippen molar-refractivity contribution in [3.63, 3.8) is 0 Å². The van der Waals surface area contributed by atoms with Crippen LogP contribution < -0.4 is 9.30 Å². The minimum absolute atomic E-state index is 0. The van der Waals surface area contributed by atoms with Crippen molar-refractivity contribution >= 4 is 32.8 Å². The third kappa shape index (κ3) is 7.98. The van der Waals surface area contributed by atoms with Gasteiger partial charge in [-0.05, 0) is 68.4 Å². The summed E-state index contributed by atoms with van der Waals surface area (Å²) in [7, 11) is 0. The monoisotopic (exact) mass is 1040 g/mol. The molecule has 0 aliphatic heterocycles. The van der Waals surface area contributed by atoms with Crippen LogP contribution in [-0.2, 0) is 27.4 Å². The Morgan fingerprint density at radius 2 is 1.23 bits per heavy atom. The second-order valence-electron chi connectivity index (χ2n) is 15.9. The molecule has 0 aliphatic rings. The van der Waals surface area contributed by atoms with E-state index in [1.807, 2.05) is 30.3 Å². The number of pyridine rings is 1. The number of nitrogens with zero attached hydrogens (tertiary/aromatic N) is 4. The summed E-state index contributed by atoms with van der Waals surface area (Å²) in [5.41, 5.74) is 1.36. The average molecular weight is 1040 g/mol. The van der Waals surface area contributed by atoms with Gasteiger partial charge < -0.3 is 13.9 Å². The molecule has 0 atom stereocenters. The zero-order chi connectivity index (χ0) is 58.0. The van der Waals surface area contributed by atoms with Crippen LogP contribution in [0.25, 0.3) is 83.4 Å². The molecule has 11 aromatic rings. The average Bonchev–Trinajstić information content (AvgIpc) is 4.16. The molecule has 0 fully saturated rings. The Balaban J connectivity index is 0.00000753. The van der Waals surface area contributed by atoms with Gasteiger partial charge in [-0.25, -0.2) is 4.98 Å². The van der Waals surface area contributed by atoms with Crippen LogP contribution in [0.3, 0.4) is 0 Å². The van der Waals surface area contributed by atoms with Crippen LogP contribution in [0, 0.1) is 23.9 Å². The maximum absolute atomic E-state index is 9.51. The zero-order valence-electron chi connectivity index (χ0n) is 51.9. The number of fused-ring (bicyclic) bond motifs is 4. The third-order valence-corrected chi connectivity index (χ3v) is 10.5. The quantitative estimate of drug-likeness (QED) is 0.107. The van der Waals surface area contributed by atoms with Crippen molar-refractivity contribution in [2.75, 3.05) is 0 Å². The van der Waals surface area contributed by atoms with Crippen molar-refractivity contribution in [1.29, 1.82) is 0 Å². The first kappa shape index (κ1) is 26.5. The van der Waals surface area contributed by atoms with Gasteiger partial charge in [-0.15, -0.1) is 29.7 Å². The molecule has 6 heteroatoms. The van der Waals surface area contributed by atoms with Gasteiger partial charge >= 0.3 is 0 Å². The molecule has 318 valence electrons. The van der Waals surface area contributed by atoms with Gasteiger partial charge in [-0.3, -0.25) is 4.57 Å². The smallest absolute Gasteiger partial charge is 0.268 e. The molecule has 0 bridgehead atoms. The molecule has 3 aromatic heterocycles. The van der Waals surface area contributed by atoms with E-state index in [1.165, 1.54) is 12.3 Å². The molecule has 3 heterocycles. The maximum Gasteiger partial charge on any atom is 0.268 e. The molecule has 5 nitrogen and oxygen atoms in total. The summed E-state index contributed by atoms with van der Waals surface area (Å²) in [5, 5.41) is 1.56. The second kappa shape index (κ2) is 17.3. The number of para-hydroxylation sites is 4. The predicted molar refractivity (Wildman–Crippen MR) is 259 cm³/mol. The largest absolute Gasteiger partial charge is 0.510 e. The fourth-order valence-electron chi connectivity index (χ4n) is 7.94. The van der Waals surface area contributed by atoms with Crippen molar-refractivity contribution in [2.24, 2.45) is 5.41 Å². The maximum atomic E-state index is 9.51. The Hall–Kier alpha value is -7.33. The summed E-state index contributed by atoms with van der Waals surface area (Å²) >= 11 is 0. The molecular formula is C59H44N4OPt-2. The van der Waals surface area contributed by atoms with E-state index in [0.717, 1.165) is 10.8 Å². The van der Waals surface area contributed by atoms with E-state index in [2.05, 4.69) is 18.5 Å². The van der Waals surface area contributed by atoms with E-state index in [0.29, 0.717) is 27.8 Å². The number of hydrogen-bond acceptors (Lipinski definition) is 2. The molecule has 0 unspecified atom stereocenters. The summed E-state index contributed by atoms with van der Waals surface area (Å²) in [6.07, 6.45) is 2.57. The number of hydrogen-bond donors (Lipinski definition) is 0. The van der Waals surface area contributed by atoms with Crippen LogP contribution in [0.1, 0.15) is 49.6 Å².